The van der Waals surface area contributed by atoms with Crippen LogP contribution in [-0.4, -0.2) is 36.7 Å². The van der Waals surface area contributed by atoms with Crippen LogP contribution in [0.25, 0.3) is 0 Å². The third-order valence-electron chi connectivity index (χ3n) is 4.29. The van der Waals surface area contributed by atoms with Crippen LogP contribution >= 0.6 is 11.8 Å². The minimum atomic E-state index is -0.0502. The average molecular weight is 375 g/mol. The second kappa shape index (κ2) is 9.69. The number of hydrogen-bond acceptors (Lipinski definition) is 4. The van der Waals surface area contributed by atoms with Crippen molar-refractivity contribution >= 4 is 23.5 Å². The van der Waals surface area contributed by atoms with Gasteiger partial charge in [-0.15, -0.1) is 11.8 Å². The highest BCUT2D eigenvalue weighted by molar-refractivity contribution is 7.98. The molecule has 2 heterocycles. The molecule has 0 spiro atoms. The van der Waals surface area contributed by atoms with Gasteiger partial charge < -0.3 is 19.4 Å². The number of nitrogens with zero attached hydrogens (tertiary/aromatic N) is 1. The van der Waals surface area contributed by atoms with E-state index >= 15 is 0 Å². The molecule has 1 fully saturated rings. The molecule has 2 aromatic rings. The van der Waals surface area contributed by atoms with Gasteiger partial charge in [-0.25, -0.2) is 4.79 Å². The minimum absolute atomic E-state index is 0.0502. The van der Waals surface area contributed by atoms with Crippen LogP contribution in [-0.2, 0) is 10.5 Å². The third kappa shape index (κ3) is 5.54. The molecule has 1 aromatic heterocycles. The summed E-state index contributed by atoms with van der Waals surface area (Å²) in [6, 6.07) is 11.7. The fourth-order valence-corrected chi connectivity index (χ4v) is 3.73. The Morgan fingerprint density at radius 3 is 2.92 bits per heavy atom. The monoisotopic (exact) mass is 374 g/mol. The molecule has 1 N–H and O–H groups in total. The number of rotatable bonds is 7. The quantitative estimate of drug-likeness (QED) is 0.693. The van der Waals surface area contributed by atoms with Gasteiger partial charge in [-0.05, 0) is 55.7 Å². The van der Waals surface area contributed by atoms with Gasteiger partial charge in [0.05, 0.1) is 18.1 Å². The van der Waals surface area contributed by atoms with E-state index in [0.717, 1.165) is 54.5 Å². The number of carbonyl (C=O) groups is 1. The van der Waals surface area contributed by atoms with Gasteiger partial charge in [0.25, 0.3) is 0 Å². The van der Waals surface area contributed by atoms with Crippen molar-refractivity contribution in [1.82, 2.24) is 4.90 Å². The fraction of sp³-hybridized carbons (Fsp3) is 0.450. The molecule has 0 saturated carbocycles. The van der Waals surface area contributed by atoms with E-state index in [4.69, 9.17) is 9.15 Å². The summed E-state index contributed by atoms with van der Waals surface area (Å²) < 4.78 is 11.1. The van der Waals surface area contributed by atoms with Crippen LogP contribution in [0.5, 0.6) is 0 Å². The lowest BCUT2D eigenvalue weighted by molar-refractivity contribution is 0.0115. The summed E-state index contributed by atoms with van der Waals surface area (Å²) in [7, 11) is 0. The molecule has 0 bridgehead atoms. The largest absolute Gasteiger partial charge is 0.468 e. The highest BCUT2D eigenvalue weighted by Gasteiger charge is 2.24. The Balaban J connectivity index is 1.47. The number of hydrogen-bond donors (Lipinski definition) is 1. The predicted molar refractivity (Wildman–Crippen MR) is 105 cm³/mol. The number of ether oxygens (including phenoxy) is 1. The van der Waals surface area contributed by atoms with Gasteiger partial charge in [0.1, 0.15) is 5.76 Å². The first-order chi connectivity index (χ1) is 12.7. The summed E-state index contributed by atoms with van der Waals surface area (Å²) in [4.78, 5) is 15.5. The van der Waals surface area contributed by atoms with Crippen LogP contribution in [0, 0.1) is 0 Å². The second-order valence-corrected chi connectivity index (χ2v) is 7.45. The van der Waals surface area contributed by atoms with Crippen molar-refractivity contribution in [2.24, 2.45) is 0 Å². The molecule has 26 heavy (non-hydrogen) atoms. The molecule has 0 unspecified atom stereocenters. The van der Waals surface area contributed by atoms with E-state index in [1.807, 2.05) is 41.3 Å². The summed E-state index contributed by atoms with van der Waals surface area (Å²) in [5.41, 5.74) is 0.814. The zero-order chi connectivity index (χ0) is 18.2. The molecule has 1 aliphatic rings. The zero-order valence-electron chi connectivity index (χ0n) is 15.1. The van der Waals surface area contributed by atoms with E-state index in [0.29, 0.717) is 6.54 Å². The highest BCUT2D eigenvalue weighted by Crippen LogP contribution is 2.24. The molecule has 1 atom stereocenters. The maximum atomic E-state index is 12.5. The third-order valence-corrected chi connectivity index (χ3v) is 5.32. The van der Waals surface area contributed by atoms with Crippen LogP contribution in [0.4, 0.5) is 10.5 Å². The second-order valence-electron chi connectivity index (χ2n) is 6.40. The highest BCUT2D eigenvalue weighted by atomic mass is 32.2. The van der Waals surface area contributed by atoms with E-state index in [1.165, 1.54) is 0 Å². The van der Waals surface area contributed by atoms with E-state index < -0.39 is 0 Å². The molecule has 140 valence electrons. The van der Waals surface area contributed by atoms with Crippen molar-refractivity contribution in [3.05, 3.63) is 48.4 Å². The lowest BCUT2D eigenvalue weighted by Gasteiger charge is -2.32. The summed E-state index contributed by atoms with van der Waals surface area (Å²) in [5.74, 6) is 1.75. The first-order valence-electron chi connectivity index (χ1n) is 9.17. The number of carbonyl (C=O) groups excluding carboxylic acids is 1. The molecule has 0 radical (unpaired) electrons. The number of furan rings is 1. The summed E-state index contributed by atoms with van der Waals surface area (Å²) in [6.07, 6.45) is 4.88. The maximum Gasteiger partial charge on any atom is 0.321 e. The number of nitrogens with one attached hydrogen (secondary N) is 1. The Kier molecular flexibility index (Phi) is 7.03. The maximum absolute atomic E-state index is 12.5. The summed E-state index contributed by atoms with van der Waals surface area (Å²) in [6.45, 7) is 4.32. The Bertz CT molecular complexity index is 673. The Morgan fingerprint density at radius 2 is 2.19 bits per heavy atom. The average Bonchev–Trinajstić information content (AvgIpc) is 3.19. The van der Waals surface area contributed by atoms with Gasteiger partial charge in [-0.2, -0.15) is 0 Å². The first-order valence-corrected chi connectivity index (χ1v) is 10.2. The molecule has 1 aliphatic heterocycles. The lowest BCUT2D eigenvalue weighted by Crippen LogP contribution is -2.45. The summed E-state index contributed by atoms with van der Waals surface area (Å²) in [5, 5.41) is 2.99. The van der Waals surface area contributed by atoms with Crippen LogP contribution in [0.2, 0.25) is 0 Å². The van der Waals surface area contributed by atoms with Crippen molar-refractivity contribution in [3.8, 4) is 0 Å². The predicted octanol–water partition coefficient (Wildman–Crippen LogP) is 4.99. The standard InChI is InChI=1S/C20H26N2O3S/c1-2-12-24-17-5-3-11-22(14-17)20(23)21-16-7-9-19(10-8-16)26-15-18-6-4-13-25-18/h4,6-10,13,17H,2-3,5,11-12,14-15H2,1H3,(H,21,23)/t17-/m1/s1. The van der Waals surface area contributed by atoms with Crippen molar-refractivity contribution < 1.29 is 13.9 Å². The molecule has 1 saturated heterocycles. The Labute approximate surface area is 159 Å². The topological polar surface area (TPSA) is 54.7 Å². The molecule has 2 amide bonds. The fourth-order valence-electron chi connectivity index (χ4n) is 2.93. The van der Waals surface area contributed by atoms with Gasteiger partial charge in [-0.1, -0.05) is 6.92 Å². The molecule has 3 rings (SSSR count). The Hall–Kier alpha value is -1.92. The van der Waals surface area contributed by atoms with E-state index in [2.05, 4.69) is 12.2 Å². The SMILES string of the molecule is CCCO[C@@H]1CCCN(C(=O)Nc2ccc(SCc3ccco3)cc2)C1. The van der Waals surface area contributed by atoms with Crippen molar-refractivity contribution in [2.45, 2.75) is 42.9 Å². The van der Waals surface area contributed by atoms with Gasteiger partial charge in [0.15, 0.2) is 0 Å². The first kappa shape index (κ1) is 18.9. The van der Waals surface area contributed by atoms with Crippen LogP contribution in [0.1, 0.15) is 31.9 Å². The number of thioether (sulfide) groups is 1. The normalized spacial score (nSPS) is 17.3. The van der Waals surface area contributed by atoms with Crippen molar-refractivity contribution in [3.63, 3.8) is 0 Å². The van der Waals surface area contributed by atoms with E-state index in [-0.39, 0.29) is 12.1 Å². The number of anilines is 1. The van der Waals surface area contributed by atoms with Crippen LogP contribution in [0.15, 0.2) is 52.0 Å². The van der Waals surface area contributed by atoms with Crippen molar-refractivity contribution in [1.29, 1.82) is 0 Å². The molecule has 6 heteroatoms. The van der Waals surface area contributed by atoms with Crippen LogP contribution < -0.4 is 5.32 Å². The smallest absolute Gasteiger partial charge is 0.321 e. The summed E-state index contributed by atoms with van der Waals surface area (Å²) >= 11 is 1.71. The molecule has 5 nitrogen and oxygen atoms in total. The minimum Gasteiger partial charge on any atom is -0.468 e. The van der Waals surface area contributed by atoms with Gasteiger partial charge in [0.2, 0.25) is 0 Å². The molecule has 0 aliphatic carbocycles. The number of amides is 2. The number of piperidine rings is 1. The van der Waals surface area contributed by atoms with E-state index in [1.54, 1.807) is 18.0 Å². The zero-order valence-corrected chi connectivity index (χ0v) is 16.0. The van der Waals surface area contributed by atoms with Gasteiger partial charge in [0, 0.05) is 30.3 Å². The number of benzene rings is 1. The lowest BCUT2D eigenvalue weighted by atomic mass is 10.1. The molecular formula is C20H26N2O3S. The molecular weight excluding hydrogens is 348 g/mol. The molecule has 1 aromatic carbocycles. The Morgan fingerprint density at radius 1 is 1.35 bits per heavy atom. The number of urea groups is 1. The van der Waals surface area contributed by atoms with Gasteiger partial charge in [-0.3, -0.25) is 0 Å². The number of likely N-dealkylation sites (tertiary alicyclic amines) is 1. The van der Waals surface area contributed by atoms with Gasteiger partial charge >= 0.3 is 6.03 Å². The van der Waals surface area contributed by atoms with E-state index in [9.17, 15) is 4.79 Å². The van der Waals surface area contributed by atoms with Crippen molar-refractivity contribution in [2.75, 3.05) is 25.0 Å². The van der Waals surface area contributed by atoms with Crippen LogP contribution in [0.3, 0.4) is 0 Å².